The molecule has 1 aromatic heterocycles. The summed E-state index contributed by atoms with van der Waals surface area (Å²) >= 11 is -0.736. The monoisotopic (exact) mass is 1380 g/mol. The molecule has 99 heavy (non-hydrogen) atoms. The van der Waals surface area contributed by atoms with E-state index in [9.17, 15) is 0 Å². The van der Waals surface area contributed by atoms with Gasteiger partial charge in [-0.3, -0.25) is 0 Å². The van der Waals surface area contributed by atoms with E-state index in [4.69, 9.17) is 4.74 Å². The molecule has 0 N–H and O–H groups in total. The third-order valence-electron chi connectivity index (χ3n) is 20.4. The molecule has 5 heterocycles. The third-order valence-corrected chi connectivity index (χ3v) is 23.6. The Bertz CT molecular complexity index is 5800. The average Bonchev–Trinajstić information content (AvgIpc) is 0.848. The minimum atomic E-state index is -0.736. The Balaban J connectivity index is 0.894. The Labute approximate surface area is 586 Å². The molecule has 15 aromatic carbocycles. The second kappa shape index (κ2) is 23.4. The van der Waals surface area contributed by atoms with Crippen LogP contribution in [0.1, 0.15) is 0 Å². The predicted molar refractivity (Wildman–Crippen MR) is 419 cm³/mol. The van der Waals surface area contributed by atoms with Crippen molar-refractivity contribution in [2.75, 3.05) is 24.5 Å². The van der Waals surface area contributed by atoms with Crippen molar-refractivity contribution in [3.8, 4) is 33.8 Å². The number of hydrogen-bond donors (Lipinski definition) is 0. The number of hydrogen-bond acceptors (Lipinski definition) is 6. The first-order valence-corrected chi connectivity index (χ1v) is 36.3. The third kappa shape index (κ3) is 9.26. The minimum absolute atomic E-state index is 0.200. The van der Waals surface area contributed by atoms with Crippen molar-refractivity contribution in [2.24, 2.45) is 0 Å². The summed E-state index contributed by atoms with van der Waals surface area (Å²) < 4.78 is 10.8. The van der Waals surface area contributed by atoms with Crippen LogP contribution in [0, 0.1) is 0 Å². The summed E-state index contributed by atoms with van der Waals surface area (Å²) in [4.78, 5) is 12.5. The second-order valence-corrected chi connectivity index (χ2v) is 29.0. The Morgan fingerprint density at radius 3 is 1.40 bits per heavy atom. The van der Waals surface area contributed by atoms with Crippen molar-refractivity contribution < 1.29 is 4.74 Å². The van der Waals surface area contributed by atoms with Crippen LogP contribution in [0.25, 0.3) is 39.8 Å². The SMILES string of the molecule is c1ccc(-c2ccccc2N(c2ccccc2)c2cc3c4c(c2)N(c2ccccc2-c2ccccc2)c2ccccc2B4c2cc4c(cc2N3c2ccc3c(c2)[te]c2ccccc23)Oc2cc(N(c3ccccc3)c3ccccc3)cc3c2B4c2ccccc2N3c2ccccc2)cc1. The van der Waals surface area contributed by atoms with Crippen molar-refractivity contribution >= 4 is 170 Å². The van der Waals surface area contributed by atoms with Crippen molar-refractivity contribution in [2.45, 2.75) is 0 Å². The van der Waals surface area contributed by atoms with Crippen LogP contribution < -0.4 is 62.0 Å². The summed E-state index contributed by atoms with van der Waals surface area (Å²) in [5.74, 6) is 1.66. The topological polar surface area (TPSA) is 25.4 Å². The van der Waals surface area contributed by atoms with Gasteiger partial charge in [0.1, 0.15) is 0 Å². The molecule has 0 fully saturated rings. The van der Waals surface area contributed by atoms with Gasteiger partial charge in [0.05, 0.1) is 0 Å². The number of benzene rings is 15. The molecule has 0 atom stereocenters. The molecule has 0 amide bonds. The van der Waals surface area contributed by atoms with Crippen LogP contribution in [0.5, 0.6) is 11.5 Å². The van der Waals surface area contributed by atoms with Gasteiger partial charge in [0, 0.05) is 17.1 Å². The first-order valence-electron chi connectivity index (χ1n) is 34.0. The van der Waals surface area contributed by atoms with E-state index in [-0.39, 0.29) is 13.4 Å². The molecular formula is C90H59B2N5OTe. The molecule has 16 aromatic rings. The van der Waals surface area contributed by atoms with Crippen molar-refractivity contribution in [1.82, 2.24) is 0 Å². The first kappa shape index (κ1) is 57.3. The van der Waals surface area contributed by atoms with Crippen LogP contribution in [0.4, 0.5) is 85.3 Å². The zero-order valence-electron chi connectivity index (χ0n) is 53.8. The van der Waals surface area contributed by atoms with E-state index in [2.05, 4.69) is 382 Å². The fourth-order valence-corrected chi connectivity index (χ4v) is 19.5. The van der Waals surface area contributed by atoms with E-state index in [0.29, 0.717) is 0 Å². The summed E-state index contributed by atoms with van der Waals surface area (Å²) in [6, 6.07) is 132. The van der Waals surface area contributed by atoms with Gasteiger partial charge in [-0.2, -0.15) is 0 Å². The van der Waals surface area contributed by atoms with Crippen LogP contribution in [0.2, 0.25) is 0 Å². The van der Waals surface area contributed by atoms with Gasteiger partial charge >= 0.3 is 440 Å². The average molecular weight is 1380 g/mol. The van der Waals surface area contributed by atoms with Gasteiger partial charge in [0.15, 0.2) is 0 Å². The van der Waals surface area contributed by atoms with E-state index in [1.165, 1.54) is 39.4 Å². The van der Waals surface area contributed by atoms with Crippen LogP contribution in [-0.4, -0.2) is 33.9 Å². The molecule has 0 aliphatic carbocycles. The van der Waals surface area contributed by atoms with Gasteiger partial charge in [0.25, 0.3) is 0 Å². The summed E-state index contributed by atoms with van der Waals surface area (Å²) in [5, 5.41) is 2.70. The fourth-order valence-electron chi connectivity index (χ4n) is 16.3. The van der Waals surface area contributed by atoms with Gasteiger partial charge < -0.3 is 0 Å². The molecule has 20 rings (SSSR count). The number of rotatable bonds is 11. The number of anilines is 15. The number of nitrogens with zero attached hydrogens (tertiary/aromatic N) is 5. The van der Waals surface area contributed by atoms with Crippen molar-refractivity contribution in [3.63, 3.8) is 0 Å². The van der Waals surface area contributed by atoms with Crippen LogP contribution in [0.3, 0.4) is 0 Å². The number of ether oxygens (including phenoxy) is 1. The second-order valence-electron chi connectivity index (χ2n) is 25.9. The number of fused-ring (bicyclic) bond motifs is 11. The van der Waals surface area contributed by atoms with Crippen LogP contribution in [0.15, 0.2) is 358 Å². The molecule has 4 aliphatic rings. The zero-order valence-corrected chi connectivity index (χ0v) is 56.1. The van der Waals surface area contributed by atoms with E-state index in [1.807, 2.05) is 0 Å². The minimum Gasteiger partial charge on any atom is -0.0621 e. The Morgan fingerprint density at radius 2 is 0.737 bits per heavy atom. The van der Waals surface area contributed by atoms with Gasteiger partial charge in [-0.15, -0.1) is 0 Å². The summed E-state index contributed by atoms with van der Waals surface area (Å²) in [6.07, 6.45) is 0. The Hall–Kier alpha value is -12.0. The molecule has 0 saturated heterocycles. The van der Waals surface area contributed by atoms with E-state index in [1.54, 1.807) is 0 Å². The van der Waals surface area contributed by atoms with Gasteiger partial charge in [0.2, 0.25) is 0 Å². The van der Waals surface area contributed by atoms with Crippen molar-refractivity contribution in [3.05, 3.63) is 358 Å². The molecule has 462 valence electrons. The smallest absolute Gasteiger partial charge is 0.0621 e. The molecule has 4 aliphatic heterocycles. The van der Waals surface area contributed by atoms with E-state index >= 15 is 0 Å². The molecular weight excluding hydrogens is 1320 g/mol. The number of para-hydroxylation sites is 8. The molecule has 0 radical (unpaired) electrons. The van der Waals surface area contributed by atoms with E-state index < -0.39 is 20.4 Å². The normalized spacial score (nSPS) is 12.8. The first-order chi connectivity index (χ1) is 49.1. The Kier molecular flexibility index (Phi) is 13.5. The standard InChI is InChI=1S/C90H59B2N5OTe/c1-7-29-60(30-8-1)69-41-19-24-46-77(69)94(64-37-15-5-16-38-64)67-53-82-89-83(54-67)97(78-47-25-20-42-70(78)61-31-9-2-10-32-61)80-49-27-23-45-74(80)91(89)75-58-76-85(59-81(75)96(82)66-51-52-72-71-43-21-28-50-87(71)99-88(72)57-66)98-86-56-68(93(62-33-11-3-12-34-62)63-35-13-4-14-36-63)55-84-90(86)92(76)73-44-22-26-48-79(73)95(84)65-39-17-6-18-40-65/h1-59H. The maximum atomic E-state index is 7.89. The molecule has 0 unspecified atom stereocenters. The maximum absolute atomic E-state index is 7.89. The Morgan fingerprint density at radius 1 is 0.263 bits per heavy atom. The summed E-state index contributed by atoms with van der Waals surface area (Å²) in [6.45, 7) is -0.423. The molecule has 6 nitrogen and oxygen atoms in total. The van der Waals surface area contributed by atoms with Gasteiger partial charge in [-0.25, -0.2) is 0 Å². The summed E-state index contributed by atoms with van der Waals surface area (Å²) in [7, 11) is 0. The van der Waals surface area contributed by atoms with Gasteiger partial charge in [-0.1, -0.05) is 97.1 Å². The predicted octanol–water partition coefficient (Wildman–Crippen LogP) is 19.8. The van der Waals surface area contributed by atoms with Crippen LogP contribution in [-0.2, 0) is 0 Å². The summed E-state index contributed by atoms with van der Waals surface area (Å²) in [5.41, 5.74) is 28.0. The molecule has 0 saturated carbocycles. The molecule has 9 heteroatoms. The quantitative estimate of drug-likeness (QED) is 0.120. The fraction of sp³-hybridized carbons (Fsp3) is 0. The molecule has 0 spiro atoms. The van der Waals surface area contributed by atoms with E-state index in [0.717, 1.165) is 130 Å². The molecule has 0 bridgehead atoms. The zero-order chi connectivity index (χ0) is 65.1. The van der Waals surface area contributed by atoms with Crippen LogP contribution >= 0.6 is 0 Å². The van der Waals surface area contributed by atoms with Crippen molar-refractivity contribution in [1.29, 1.82) is 0 Å². The van der Waals surface area contributed by atoms with Gasteiger partial charge in [-0.05, 0) is 36.4 Å².